The number of phenols is 1. The highest BCUT2D eigenvalue weighted by Crippen LogP contribution is 2.36. The fourth-order valence-electron chi connectivity index (χ4n) is 4.38. The van der Waals surface area contributed by atoms with Crippen molar-refractivity contribution in [2.24, 2.45) is 4.99 Å². The molecule has 0 aliphatic carbocycles. The number of hydrogen-bond donors (Lipinski definition) is 1. The number of rotatable bonds is 6. The molecule has 198 valence electrons. The van der Waals surface area contributed by atoms with Crippen LogP contribution in [0.1, 0.15) is 29.7 Å². The van der Waals surface area contributed by atoms with Gasteiger partial charge in [-0.15, -0.1) is 0 Å². The molecule has 0 saturated heterocycles. The number of phenolic OH excluding ortho intramolecular Hbond substituents is 1. The summed E-state index contributed by atoms with van der Waals surface area (Å²) in [5.41, 5.74) is 2.27. The van der Waals surface area contributed by atoms with E-state index in [2.05, 4.69) is 0 Å². The summed E-state index contributed by atoms with van der Waals surface area (Å²) >= 11 is 13.5. The number of halogens is 2. The van der Waals surface area contributed by atoms with Gasteiger partial charge in [0.1, 0.15) is 0 Å². The highest BCUT2D eigenvalue weighted by Gasteiger charge is 2.35. The third-order valence-electron chi connectivity index (χ3n) is 6.13. The number of ether oxygens (including phenoxy) is 2. The van der Waals surface area contributed by atoms with Gasteiger partial charge in [0.15, 0.2) is 16.3 Å². The van der Waals surface area contributed by atoms with Crippen molar-refractivity contribution < 1.29 is 19.4 Å². The molecule has 10 heteroatoms. The lowest BCUT2D eigenvalue weighted by Crippen LogP contribution is -2.40. The molecule has 1 aliphatic heterocycles. The van der Waals surface area contributed by atoms with Gasteiger partial charge in [-0.2, -0.15) is 0 Å². The van der Waals surface area contributed by atoms with E-state index in [9.17, 15) is 14.7 Å². The first-order chi connectivity index (χ1) is 18.8. The molecule has 2 heterocycles. The largest absolute Gasteiger partial charge is 0.503 e. The Morgan fingerprint density at radius 1 is 1.13 bits per heavy atom. The molecule has 0 unspecified atom stereocenters. The van der Waals surface area contributed by atoms with Gasteiger partial charge in [0.2, 0.25) is 0 Å². The topological polar surface area (TPSA) is 90.1 Å². The Morgan fingerprint density at radius 2 is 1.85 bits per heavy atom. The predicted molar refractivity (Wildman–Crippen MR) is 152 cm³/mol. The maximum Gasteiger partial charge on any atom is 0.338 e. The van der Waals surface area contributed by atoms with Gasteiger partial charge in [-0.1, -0.05) is 77.0 Å². The summed E-state index contributed by atoms with van der Waals surface area (Å²) in [5.74, 6) is -0.576. The quantitative estimate of drug-likeness (QED) is 0.326. The van der Waals surface area contributed by atoms with Crippen molar-refractivity contribution >= 4 is 52.3 Å². The van der Waals surface area contributed by atoms with Crippen molar-refractivity contribution in [2.75, 3.05) is 13.7 Å². The van der Waals surface area contributed by atoms with Crippen molar-refractivity contribution in [1.29, 1.82) is 0 Å². The van der Waals surface area contributed by atoms with Crippen LogP contribution in [0.3, 0.4) is 0 Å². The normalized spacial score (nSPS) is 15.1. The first kappa shape index (κ1) is 26.7. The van der Waals surface area contributed by atoms with Crippen LogP contribution >= 0.6 is 34.5 Å². The Bertz CT molecular complexity index is 1780. The predicted octanol–water partition coefficient (Wildman–Crippen LogP) is 4.96. The molecule has 1 aliphatic rings. The highest BCUT2D eigenvalue weighted by atomic mass is 35.5. The molecule has 0 bridgehead atoms. The van der Waals surface area contributed by atoms with Crippen LogP contribution in [0.15, 0.2) is 82.1 Å². The number of thiazole rings is 1. The van der Waals surface area contributed by atoms with Crippen LogP contribution in [-0.4, -0.2) is 29.4 Å². The molecule has 0 amide bonds. The second-order valence-corrected chi connectivity index (χ2v) is 10.4. The summed E-state index contributed by atoms with van der Waals surface area (Å²) in [6.45, 7) is 1.88. The fourth-order valence-corrected chi connectivity index (χ4v) is 5.73. The van der Waals surface area contributed by atoms with Gasteiger partial charge < -0.3 is 14.6 Å². The molecule has 0 saturated carbocycles. The number of benzene rings is 3. The summed E-state index contributed by atoms with van der Waals surface area (Å²) in [7, 11) is 1.41. The smallest absolute Gasteiger partial charge is 0.338 e. The molecule has 39 heavy (non-hydrogen) atoms. The van der Waals surface area contributed by atoms with Crippen molar-refractivity contribution in [2.45, 2.75) is 13.0 Å². The van der Waals surface area contributed by atoms with Gasteiger partial charge in [-0.05, 0) is 48.4 Å². The molecule has 3 aromatic carbocycles. The van der Waals surface area contributed by atoms with Crippen molar-refractivity contribution in [1.82, 2.24) is 4.57 Å². The molecular weight excluding hydrogens is 559 g/mol. The van der Waals surface area contributed by atoms with E-state index in [0.29, 0.717) is 36.7 Å². The summed E-state index contributed by atoms with van der Waals surface area (Å²) in [5, 5.41) is 10.7. The first-order valence-electron chi connectivity index (χ1n) is 11.9. The molecule has 0 radical (unpaired) electrons. The molecule has 0 spiro atoms. The molecule has 0 fully saturated rings. The monoisotopic (exact) mass is 580 g/mol. The molecule has 4 aromatic rings. The number of methoxy groups -OCH3 is 1. The zero-order valence-corrected chi connectivity index (χ0v) is 23.2. The Hall–Kier alpha value is -3.85. The summed E-state index contributed by atoms with van der Waals surface area (Å²) in [6, 6.07) is 18.6. The number of carbonyl (C=O) groups is 1. The van der Waals surface area contributed by atoms with E-state index < -0.39 is 12.0 Å². The first-order valence-corrected chi connectivity index (χ1v) is 13.5. The van der Waals surface area contributed by atoms with Crippen LogP contribution in [0.25, 0.3) is 11.8 Å². The Kier molecular flexibility index (Phi) is 7.61. The minimum absolute atomic E-state index is 0.0865. The molecule has 1 aromatic heterocycles. The van der Waals surface area contributed by atoms with E-state index in [0.717, 1.165) is 0 Å². The summed E-state index contributed by atoms with van der Waals surface area (Å²) in [6.07, 6.45) is 1.65. The van der Waals surface area contributed by atoms with Gasteiger partial charge in [0.25, 0.3) is 5.56 Å². The zero-order valence-electron chi connectivity index (χ0n) is 20.9. The van der Waals surface area contributed by atoms with E-state index in [1.165, 1.54) is 29.1 Å². The van der Waals surface area contributed by atoms with Gasteiger partial charge >= 0.3 is 5.97 Å². The van der Waals surface area contributed by atoms with Crippen LogP contribution in [0.4, 0.5) is 0 Å². The van der Waals surface area contributed by atoms with Gasteiger partial charge in [0, 0.05) is 10.6 Å². The van der Waals surface area contributed by atoms with E-state index in [1.54, 1.807) is 43.3 Å². The standard InChI is InChI=1S/C29H22Cl2N2O5S/c1-3-38-28(36)23-24(17-7-5-4-6-8-17)32-29-33(25(23)18-9-11-19(30)12-10-18)27(35)22(39-29)15-16-13-20(31)26(34)21(14-16)37-2/h4-15,25,34H,3H2,1-2H3/b22-15-/t25-/m0/s1. The van der Waals surface area contributed by atoms with Gasteiger partial charge in [0.05, 0.1) is 40.6 Å². The number of fused-ring (bicyclic) bond motifs is 1. The Morgan fingerprint density at radius 3 is 2.51 bits per heavy atom. The van der Waals surface area contributed by atoms with Crippen molar-refractivity contribution in [3.63, 3.8) is 0 Å². The third-order valence-corrected chi connectivity index (χ3v) is 7.65. The second-order valence-electron chi connectivity index (χ2n) is 8.54. The van der Waals surface area contributed by atoms with E-state index in [1.807, 2.05) is 30.3 Å². The lowest BCUT2D eigenvalue weighted by atomic mass is 9.93. The van der Waals surface area contributed by atoms with Crippen LogP contribution in [0, 0.1) is 0 Å². The molecule has 7 nitrogen and oxygen atoms in total. The Labute approximate surface area is 237 Å². The third kappa shape index (κ3) is 5.11. The van der Waals surface area contributed by atoms with Gasteiger partial charge in [-0.3, -0.25) is 9.36 Å². The van der Waals surface area contributed by atoms with E-state index in [-0.39, 0.29) is 34.3 Å². The maximum absolute atomic E-state index is 13.9. The van der Waals surface area contributed by atoms with Crippen molar-refractivity contribution in [3.05, 3.63) is 119 Å². The molecule has 1 N–H and O–H groups in total. The molecular formula is C29H22Cl2N2O5S. The summed E-state index contributed by atoms with van der Waals surface area (Å²) in [4.78, 5) is 32.6. The lowest BCUT2D eigenvalue weighted by molar-refractivity contribution is -0.138. The zero-order chi connectivity index (χ0) is 27.7. The average molecular weight is 581 g/mol. The number of hydrogen-bond acceptors (Lipinski definition) is 7. The lowest BCUT2D eigenvalue weighted by Gasteiger charge is -2.25. The Balaban J connectivity index is 1.82. The minimum Gasteiger partial charge on any atom is -0.503 e. The number of nitrogens with zero attached hydrogens (tertiary/aromatic N) is 2. The van der Waals surface area contributed by atoms with E-state index >= 15 is 0 Å². The maximum atomic E-state index is 13.9. The minimum atomic E-state index is -0.812. The number of esters is 1. The second kappa shape index (κ2) is 11.1. The van der Waals surface area contributed by atoms with Crippen LogP contribution in [-0.2, 0) is 9.53 Å². The number of aromatic nitrogens is 1. The molecule has 1 atom stereocenters. The number of aromatic hydroxyl groups is 1. The number of carbonyl (C=O) groups excluding carboxylic acids is 1. The summed E-state index contributed by atoms with van der Waals surface area (Å²) < 4.78 is 12.5. The van der Waals surface area contributed by atoms with Crippen molar-refractivity contribution in [3.8, 4) is 11.5 Å². The van der Waals surface area contributed by atoms with Crippen LogP contribution < -0.4 is 19.6 Å². The fraction of sp³-hybridized carbons (Fsp3) is 0.138. The van der Waals surface area contributed by atoms with Crippen LogP contribution in [0.2, 0.25) is 10.0 Å². The SMILES string of the molecule is CCOC(=O)C1=C(c2ccccc2)N=c2s/c(=C\c3cc(Cl)c(O)c(OC)c3)c(=O)n2[C@H]1c1ccc(Cl)cc1. The average Bonchev–Trinajstić information content (AvgIpc) is 3.25. The van der Waals surface area contributed by atoms with E-state index in [4.69, 9.17) is 37.7 Å². The van der Waals surface area contributed by atoms with Gasteiger partial charge in [-0.25, -0.2) is 9.79 Å². The highest BCUT2D eigenvalue weighted by molar-refractivity contribution is 7.07. The molecule has 5 rings (SSSR count). The van der Waals surface area contributed by atoms with Crippen LogP contribution in [0.5, 0.6) is 11.5 Å².